The molecule has 28 heavy (non-hydrogen) atoms. The van der Waals surface area contributed by atoms with E-state index >= 15 is 0 Å². The summed E-state index contributed by atoms with van der Waals surface area (Å²) in [5.74, 6) is 1.34. The van der Waals surface area contributed by atoms with E-state index in [0.717, 1.165) is 48.3 Å². The highest BCUT2D eigenvalue weighted by Gasteiger charge is 2.41. The number of rotatable bonds is 4. The van der Waals surface area contributed by atoms with Crippen molar-refractivity contribution < 1.29 is 4.52 Å². The summed E-state index contributed by atoms with van der Waals surface area (Å²) in [7, 11) is 0. The number of benzene rings is 1. The molecular weight excluding hydrogens is 389 g/mol. The Morgan fingerprint density at radius 1 is 1.18 bits per heavy atom. The molecule has 0 saturated carbocycles. The van der Waals surface area contributed by atoms with Crippen LogP contribution in [0, 0.1) is 18.3 Å². The van der Waals surface area contributed by atoms with E-state index < -0.39 is 6.42 Å². The quantitative estimate of drug-likeness (QED) is 0.708. The molecule has 6 nitrogen and oxygen atoms in total. The summed E-state index contributed by atoms with van der Waals surface area (Å²) in [6.45, 7) is 4.38. The van der Waals surface area contributed by atoms with E-state index in [1.54, 1.807) is 0 Å². The van der Waals surface area contributed by atoms with Crippen molar-refractivity contribution in [1.82, 2.24) is 14.5 Å². The normalized spacial score (nSPS) is 22.5. The van der Waals surface area contributed by atoms with E-state index in [0.29, 0.717) is 18.9 Å². The summed E-state index contributed by atoms with van der Waals surface area (Å²) >= 11 is 6.29. The predicted octanol–water partition coefficient (Wildman–Crippen LogP) is 4.02. The van der Waals surface area contributed by atoms with Gasteiger partial charge < -0.3 is 4.52 Å². The number of aromatic nitrogens is 2. The first-order valence-electron chi connectivity index (χ1n) is 9.77. The molecule has 0 radical (unpaired) electrons. The third-order valence-electron chi connectivity index (χ3n) is 5.18. The number of aliphatic imine (C=N–C) groups is 1. The van der Waals surface area contributed by atoms with E-state index in [1.165, 1.54) is 12.8 Å². The molecule has 0 N–H and O–H groups in total. The molecule has 0 bridgehead atoms. The summed E-state index contributed by atoms with van der Waals surface area (Å²) in [6.07, 6.45) is 2.62. The minimum Gasteiger partial charge on any atom is -0.431 e. The molecule has 0 amide bonds. The second-order valence-electron chi connectivity index (χ2n) is 7.15. The van der Waals surface area contributed by atoms with Gasteiger partial charge in [0.1, 0.15) is 5.30 Å². The Kier molecular flexibility index (Phi) is 5.63. The number of fused-ring (bicyclic) bond motifs is 1. The third kappa shape index (κ3) is 3.53. The van der Waals surface area contributed by atoms with Gasteiger partial charge in [0.25, 0.3) is 0 Å². The van der Waals surface area contributed by atoms with Crippen LogP contribution in [-0.4, -0.2) is 33.4 Å². The lowest BCUT2D eigenvalue weighted by molar-refractivity contribution is 0.424. The average Bonchev–Trinajstić information content (AvgIpc) is 2.89. The lowest BCUT2D eigenvalue weighted by atomic mass is 10.2. The van der Waals surface area contributed by atoms with Crippen molar-refractivity contribution in [3.8, 4) is 6.07 Å². The molecular formula is C20H24N5OPS. The second-order valence-corrected chi connectivity index (χ2v) is 10.9. The Labute approximate surface area is 171 Å². The van der Waals surface area contributed by atoms with Gasteiger partial charge in [-0.25, -0.2) is 9.35 Å². The molecule has 1 fully saturated rings. The van der Waals surface area contributed by atoms with Crippen molar-refractivity contribution in [3.05, 3.63) is 41.6 Å². The maximum absolute atomic E-state index is 9.03. The van der Waals surface area contributed by atoms with Gasteiger partial charge in [-0.2, -0.15) is 15.4 Å². The zero-order chi connectivity index (χ0) is 19.6. The monoisotopic (exact) mass is 413 g/mol. The van der Waals surface area contributed by atoms with Gasteiger partial charge in [0.15, 0.2) is 5.82 Å². The van der Waals surface area contributed by atoms with Crippen LogP contribution in [0.3, 0.4) is 0 Å². The summed E-state index contributed by atoms with van der Waals surface area (Å²) in [4.78, 5) is 4.82. The van der Waals surface area contributed by atoms with E-state index in [-0.39, 0.29) is 0 Å². The van der Waals surface area contributed by atoms with Crippen LogP contribution in [0.5, 0.6) is 0 Å². The SMILES string of the molecule is Cc1nn(CCC#N)c2c1[P@](=S)(N1CCCCCC1)OC(c1ccccc1)=N2. The van der Waals surface area contributed by atoms with Crippen LogP contribution < -0.4 is 5.30 Å². The standard InChI is InChI=1S/C20H24N5OPS/c1-16-18-19(25(23-16)15-9-12-21)22-20(17-10-5-4-6-11-17)26-27(18,28)24-13-7-2-3-8-14-24/h4-6,10-11H,2-3,7-9,13-15H2,1H3/t27-/m0/s1. The zero-order valence-electron chi connectivity index (χ0n) is 16.0. The van der Waals surface area contributed by atoms with Crippen molar-refractivity contribution in [3.63, 3.8) is 0 Å². The van der Waals surface area contributed by atoms with E-state index in [2.05, 4.69) is 15.8 Å². The number of nitrogens with zero attached hydrogens (tertiary/aromatic N) is 5. The highest BCUT2D eigenvalue weighted by Crippen LogP contribution is 2.56. The molecule has 2 aliphatic rings. The van der Waals surface area contributed by atoms with Gasteiger partial charge in [0, 0.05) is 18.7 Å². The largest absolute Gasteiger partial charge is 0.431 e. The summed E-state index contributed by atoms with van der Waals surface area (Å²) in [5, 5.41) is 14.7. The lowest BCUT2D eigenvalue weighted by Gasteiger charge is -2.36. The minimum absolute atomic E-state index is 0.386. The maximum atomic E-state index is 9.03. The van der Waals surface area contributed by atoms with E-state index in [9.17, 15) is 0 Å². The fourth-order valence-corrected chi connectivity index (χ4v) is 7.70. The summed E-state index contributed by atoms with van der Waals surface area (Å²) in [5.41, 5.74) is 1.79. The smallest absolute Gasteiger partial charge is 0.227 e. The van der Waals surface area contributed by atoms with Crippen molar-refractivity contribution >= 4 is 35.2 Å². The number of hydrogen-bond acceptors (Lipinski definition) is 5. The van der Waals surface area contributed by atoms with Crippen LogP contribution in [-0.2, 0) is 22.9 Å². The average molecular weight is 413 g/mol. The van der Waals surface area contributed by atoms with Crippen LogP contribution >= 0.6 is 6.42 Å². The molecule has 0 aliphatic carbocycles. The lowest BCUT2D eigenvalue weighted by Crippen LogP contribution is -2.32. The molecule has 0 unspecified atom stereocenters. The summed E-state index contributed by atoms with van der Waals surface area (Å²) < 4.78 is 10.8. The third-order valence-corrected chi connectivity index (χ3v) is 9.30. The number of aryl methyl sites for hydroxylation is 2. The second kappa shape index (κ2) is 8.16. The fourth-order valence-electron chi connectivity index (χ4n) is 3.81. The highest BCUT2D eigenvalue weighted by atomic mass is 32.4. The Hall–Kier alpha value is -2.00. The van der Waals surface area contributed by atoms with Crippen molar-refractivity contribution in [2.45, 2.75) is 45.6 Å². The van der Waals surface area contributed by atoms with Crippen LogP contribution in [0.4, 0.5) is 5.82 Å². The fraction of sp³-hybridized carbons (Fsp3) is 0.450. The Morgan fingerprint density at radius 3 is 2.57 bits per heavy atom. The van der Waals surface area contributed by atoms with Gasteiger partial charge >= 0.3 is 0 Å². The Morgan fingerprint density at radius 2 is 1.89 bits per heavy atom. The number of nitriles is 1. The molecule has 1 aromatic heterocycles. The van der Waals surface area contributed by atoms with E-state index in [4.69, 9.17) is 26.6 Å². The van der Waals surface area contributed by atoms with Gasteiger partial charge in [-0.3, -0.25) is 0 Å². The Balaban J connectivity index is 1.85. The Bertz CT molecular complexity index is 970. The topological polar surface area (TPSA) is 66.4 Å². The molecule has 8 heteroatoms. The van der Waals surface area contributed by atoms with Crippen LogP contribution in [0.15, 0.2) is 35.3 Å². The number of hydrogen-bond donors (Lipinski definition) is 0. The van der Waals surface area contributed by atoms with Gasteiger partial charge in [-0.1, -0.05) is 31.0 Å². The van der Waals surface area contributed by atoms with Gasteiger partial charge in [-0.05, 0) is 43.7 Å². The minimum atomic E-state index is -2.51. The molecule has 1 atom stereocenters. The van der Waals surface area contributed by atoms with Gasteiger partial charge in [-0.15, -0.1) is 0 Å². The molecule has 0 spiro atoms. The first-order valence-corrected chi connectivity index (χ1v) is 12.4. The predicted molar refractivity (Wildman–Crippen MR) is 115 cm³/mol. The van der Waals surface area contributed by atoms with Crippen molar-refractivity contribution in [2.75, 3.05) is 13.1 Å². The van der Waals surface area contributed by atoms with Crippen LogP contribution in [0.1, 0.15) is 43.4 Å². The molecule has 2 aromatic rings. The van der Waals surface area contributed by atoms with Crippen LogP contribution in [0.2, 0.25) is 0 Å². The molecule has 3 heterocycles. The molecule has 1 saturated heterocycles. The summed E-state index contributed by atoms with van der Waals surface area (Å²) in [6, 6.07) is 12.1. The highest BCUT2D eigenvalue weighted by molar-refractivity contribution is 8.15. The first-order chi connectivity index (χ1) is 13.6. The molecule has 1 aromatic carbocycles. The van der Waals surface area contributed by atoms with Gasteiger partial charge in [0.2, 0.25) is 12.3 Å². The first kappa shape index (κ1) is 19.3. The maximum Gasteiger partial charge on any atom is 0.227 e. The van der Waals surface area contributed by atoms with Crippen LogP contribution in [0.25, 0.3) is 0 Å². The van der Waals surface area contributed by atoms with Crippen molar-refractivity contribution in [1.29, 1.82) is 5.26 Å². The zero-order valence-corrected chi connectivity index (χ0v) is 17.8. The molecule has 4 rings (SSSR count). The molecule has 146 valence electrons. The van der Waals surface area contributed by atoms with Crippen molar-refractivity contribution in [2.24, 2.45) is 4.99 Å². The van der Waals surface area contributed by atoms with Gasteiger partial charge in [0.05, 0.1) is 24.7 Å². The van der Waals surface area contributed by atoms with E-state index in [1.807, 2.05) is 41.9 Å². The molecule has 2 aliphatic heterocycles.